The van der Waals surface area contributed by atoms with Crippen molar-refractivity contribution in [3.05, 3.63) is 11.6 Å². The number of likely N-dealkylation sites (tertiary alicyclic amines) is 1. The molecule has 2 amide bonds. The molecule has 0 bridgehead atoms. The van der Waals surface area contributed by atoms with E-state index in [1.54, 1.807) is 6.92 Å². The molecular weight excluding hydrogens is 310 g/mol. The van der Waals surface area contributed by atoms with Crippen molar-refractivity contribution in [1.82, 2.24) is 25.0 Å². The average molecular weight is 335 g/mol. The molecule has 2 aliphatic heterocycles. The summed E-state index contributed by atoms with van der Waals surface area (Å²) in [6, 6.07) is 0. The number of carbonyl (C=O) groups is 2. The van der Waals surface area contributed by atoms with Crippen molar-refractivity contribution in [2.45, 2.75) is 39.2 Å². The molecule has 3 rings (SSSR count). The Morgan fingerprint density at radius 3 is 2.62 bits per heavy atom. The van der Waals surface area contributed by atoms with Crippen molar-refractivity contribution in [2.75, 3.05) is 32.8 Å². The van der Waals surface area contributed by atoms with Crippen molar-refractivity contribution in [3.8, 4) is 0 Å². The van der Waals surface area contributed by atoms with Gasteiger partial charge in [-0.15, -0.1) is 0 Å². The van der Waals surface area contributed by atoms with Crippen LogP contribution in [0.2, 0.25) is 0 Å². The van der Waals surface area contributed by atoms with E-state index in [0.29, 0.717) is 38.6 Å². The van der Waals surface area contributed by atoms with Gasteiger partial charge >= 0.3 is 0 Å². The van der Waals surface area contributed by atoms with Crippen molar-refractivity contribution in [2.24, 2.45) is 5.92 Å². The van der Waals surface area contributed by atoms with E-state index in [2.05, 4.69) is 15.2 Å². The number of aromatic amines is 1. The lowest BCUT2D eigenvalue weighted by Gasteiger charge is -2.37. The predicted molar refractivity (Wildman–Crippen MR) is 86.0 cm³/mol. The van der Waals surface area contributed by atoms with E-state index in [9.17, 15) is 9.59 Å². The summed E-state index contributed by atoms with van der Waals surface area (Å²) >= 11 is 0. The molecule has 0 radical (unpaired) electrons. The maximum absolute atomic E-state index is 12.8. The summed E-state index contributed by atoms with van der Waals surface area (Å²) in [6.07, 6.45) is 2.00. The quantitative estimate of drug-likeness (QED) is 0.870. The van der Waals surface area contributed by atoms with Gasteiger partial charge < -0.3 is 14.5 Å². The lowest BCUT2D eigenvalue weighted by atomic mass is 9.95. The molecule has 24 heavy (non-hydrogen) atoms. The minimum Gasteiger partial charge on any atom is -0.366 e. The zero-order chi connectivity index (χ0) is 17.1. The second kappa shape index (κ2) is 7.29. The van der Waals surface area contributed by atoms with Gasteiger partial charge in [-0.25, -0.2) is 4.98 Å². The zero-order valence-corrected chi connectivity index (χ0v) is 14.3. The Labute approximate surface area is 141 Å². The normalized spacial score (nSPS) is 22.7. The molecule has 0 saturated carbocycles. The summed E-state index contributed by atoms with van der Waals surface area (Å²) in [5.41, 5.74) is 0. The Balaban J connectivity index is 1.58. The zero-order valence-electron chi connectivity index (χ0n) is 14.3. The first-order valence-electron chi connectivity index (χ1n) is 8.65. The summed E-state index contributed by atoms with van der Waals surface area (Å²) in [4.78, 5) is 32.3. The molecule has 8 heteroatoms. The molecule has 0 aliphatic carbocycles. The highest BCUT2D eigenvalue weighted by molar-refractivity contribution is 5.80. The third-order valence-corrected chi connectivity index (χ3v) is 4.84. The highest BCUT2D eigenvalue weighted by Gasteiger charge is 2.33. The van der Waals surface area contributed by atoms with Gasteiger partial charge in [-0.05, 0) is 12.8 Å². The van der Waals surface area contributed by atoms with Crippen LogP contribution in [0.25, 0.3) is 0 Å². The third kappa shape index (κ3) is 3.58. The van der Waals surface area contributed by atoms with Crippen LogP contribution in [0.5, 0.6) is 0 Å². The van der Waals surface area contributed by atoms with Crippen molar-refractivity contribution >= 4 is 11.8 Å². The number of morpholine rings is 1. The van der Waals surface area contributed by atoms with Crippen LogP contribution in [0.3, 0.4) is 0 Å². The standard InChI is InChI=1S/C16H25N5O3/c1-3-14-17-15(19-18-14)13-10-21(8-9-24-13)16(23)12-4-6-20(7-5-12)11(2)22/h12-13H,3-10H2,1-2H3,(H,17,18,19)/t13-/m0/s1. The number of hydrogen-bond donors (Lipinski definition) is 1. The lowest BCUT2D eigenvalue weighted by Crippen LogP contribution is -2.48. The van der Waals surface area contributed by atoms with Gasteiger partial charge in [0.15, 0.2) is 5.82 Å². The Hall–Kier alpha value is -1.96. The number of aromatic nitrogens is 3. The molecule has 1 atom stereocenters. The van der Waals surface area contributed by atoms with Crippen LogP contribution in [0.15, 0.2) is 0 Å². The number of amides is 2. The SMILES string of the molecule is CCc1nc([C@@H]2CN(C(=O)C3CCN(C(C)=O)CC3)CCO2)n[nH]1. The first kappa shape index (κ1) is 16.9. The Morgan fingerprint density at radius 1 is 1.25 bits per heavy atom. The number of nitrogens with one attached hydrogen (secondary N) is 1. The number of carbonyl (C=O) groups excluding carboxylic acids is 2. The van der Waals surface area contributed by atoms with Crippen LogP contribution in [-0.2, 0) is 20.7 Å². The predicted octanol–water partition coefficient (Wildman–Crippen LogP) is 0.526. The van der Waals surface area contributed by atoms with Gasteiger partial charge in [0.2, 0.25) is 11.8 Å². The molecule has 2 saturated heterocycles. The molecule has 1 aromatic rings. The van der Waals surface area contributed by atoms with Gasteiger partial charge in [0.05, 0.1) is 13.2 Å². The van der Waals surface area contributed by atoms with Gasteiger partial charge in [0.25, 0.3) is 0 Å². The maximum Gasteiger partial charge on any atom is 0.225 e. The summed E-state index contributed by atoms with van der Waals surface area (Å²) in [5, 5.41) is 7.10. The number of rotatable bonds is 3. The molecule has 0 unspecified atom stereocenters. The topological polar surface area (TPSA) is 91.4 Å². The Bertz CT molecular complexity index is 594. The fraction of sp³-hybridized carbons (Fsp3) is 0.750. The number of nitrogens with zero attached hydrogens (tertiary/aromatic N) is 4. The molecule has 3 heterocycles. The van der Waals surface area contributed by atoms with E-state index in [0.717, 1.165) is 25.1 Å². The molecule has 2 fully saturated rings. The molecule has 0 aromatic carbocycles. The van der Waals surface area contributed by atoms with Crippen molar-refractivity contribution in [3.63, 3.8) is 0 Å². The average Bonchev–Trinajstić information content (AvgIpc) is 3.10. The number of hydrogen-bond acceptors (Lipinski definition) is 5. The molecule has 0 spiro atoms. The molecule has 1 N–H and O–H groups in total. The van der Waals surface area contributed by atoms with E-state index >= 15 is 0 Å². The Kier molecular flexibility index (Phi) is 5.13. The van der Waals surface area contributed by atoms with E-state index in [1.807, 2.05) is 16.7 Å². The van der Waals surface area contributed by atoms with Crippen LogP contribution in [0, 0.1) is 5.92 Å². The highest BCUT2D eigenvalue weighted by Crippen LogP contribution is 2.24. The fourth-order valence-electron chi connectivity index (χ4n) is 3.32. The number of ether oxygens (including phenoxy) is 1. The molecular formula is C16H25N5O3. The summed E-state index contributed by atoms with van der Waals surface area (Å²) in [5.74, 6) is 1.70. The summed E-state index contributed by atoms with van der Waals surface area (Å²) < 4.78 is 5.75. The van der Waals surface area contributed by atoms with Gasteiger partial charge in [-0.3, -0.25) is 14.7 Å². The first-order valence-corrected chi connectivity index (χ1v) is 8.65. The van der Waals surface area contributed by atoms with Crippen LogP contribution < -0.4 is 0 Å². The fourth-order valence-corrected chi connectivity index (χ4v) is 3.32. The van der Waals surface area contributed by atoms with Crippen LogP contribution in [-0.4, -0.2) is 69.6 Å². The van der Waals surface area contributed by atoms with Gasteiger partial charge in [0, 0.05) is 38.9 Å². The van der Waals surface area contributed by atoms with E-state index in [-0.39, 0.29) is 23.8 Å². The van der Waals surface area contributed by atoms with Crippen LogP contribution in [0.1, 0.15) is 44.4 Å². The smallest absolute Gasteiger partial charge is 0.225 e. The molecule has 8 nitrogen and oxygen atoms in total. The summed E-state index contributed by atoms with van der Waals surface area (Å²) in [6.45, 7) is 6.52. The number of H-pyrrole nitrogens is 1. The van der Waals surface area contributed by atoms with E-state index in [1.165, 1.54) is 0 Å². The molecule has 2 aliphatic rings. The largest absolute Gasteiger partial charge is 0.366 e. The van der Waals surface area contributed by atoms with Crippen molar-refractivity contribution < 1.29 is 14.3 Å². The first-order chi connectivity index (χ1) is 11.6. The molecule has 1 aromatic heterocycles. The summed E-state index contributed by atoms with van der Waals surface area (Å²) in [7, 11) is 0. The third-order valence-electron chi connectivity index (χ3n) is 4.84. The highest BCUT2D eigenvalue weighted by atomic mass is 16.5. The van der Waals surface area contributed by atoms with Crippen molar-refractivity contribution in [1.29, 1.82) is 0 Å². The van der Waals surface area contributed by atoms with Gasteiger partial charge in [-0.2, -0.15) is 5.10 Å². The van der Waals surface area contributed by atoms with Gasteiger partial charge in [-0.1, -0.05) is 6.92 Å². The van der Waals surface area contributed by atoms with Crippen LogP contribution in [0.4, 0.5) is 0 Å². The van der Waals surface area contributed by atoms with Gasteiger partial charge in [0.1, 0.15) is 11.9 Å². The second-order valence-corrected chi connectivity index (χ2v) is 6.42. The number of aryl methyl sites for hydroxylation is 1. The monoisotopic (exact) mass is 335 g/mol. The Morgan fingerprint density at radius 2 is 2.00 bits per heavy atom. The van der Waals surface area contributed by atoms with Crippen LogP contribution >= 0.6 is 0 Å². The minimum absolute atomic E-state index is 0.00213. The minimum atomic E-state index is -0.267. The molecule has 132 valence electrons. The second-order valence-electron chi connectivity index (χ2n) is 6.42. The van der Waals surface area contributed by atoms with E-state index in [4.69, 9.17) is 4.74 Å². The van der Waals surface area contributed by atoms with E-state index < -0.39 is 0 Å². The number of piperidine rings is 1. The maximum atomic E-state index is 12.8. The lowest BCUT2D eigenvalue weighted by molar-refractivity contribution is -0.146.